The van der Waals surface area contributed by atoms with Gasteiger partial charge in [0, 0.05) is 6.42 Å². The molecule has 1 aliphatic rings. The summed E-state index contributed by atoms with van der Waals surface area (Å²) in [5, 5.41) is 54.8. The van der Waals surface area contributed by atoms with Crippen LogP contribution < -0.4 is 5.32 Å². The van der Waals surface area contributed by atoms with Gasteiger partial charge >= 0.3 is 0 Å². The highest BCUT2D eigenvalue weighted by Crippen LogP contribution is 2.23. The summed E-state index contributed by atoms with van der Waals surface area (Å²) in [6, 6.07) is -0.831. The Balaban J connectivity index is 2.12. The molecule has 1 heterocycles. The van der Waals surface area contributed by atoms with E-state index in [1.807, 2.05) is 6.08 Å². The van der Waals surface area contributed by atoms with Crippen molar-refractivity contribution >= 4 is 5.91 Å². The quantitative estimate of drug-likeness (QED) is 0.0261. The molecule has 0 spiro atoms. The Hall–Kier alpha value is -2.11. The lowest BCUT2D eigenvalue weighted by Gasteiger charge is -2.40. The highest BCUT2D eigenvalue weighted by atomic mass is 16.7. The van der Waals surface area contributed by atoms with Crippen LogP contribution in [0.15, 0.2) is 60.8 Å². The van der Waals surface area contributed by atoms with Gasteiger partial charge in [-0.05, 0) is 77.0 Å². The molecule has 7 atom stereocenters. The molecule has 504 valence electrons. The molecule has 9 nitrogen and oxygen atoms in total. The molecule has 0 aromatic heterocycles. The van der Waals surface area contributed by atoms with Gasteiger partial charge in [0.25, 0.3) is 0 Å². The molecule has 0 aliphatic carbocycles. The third-order valence-corrected chi connectivity index (χ3v) is 17.8. The number of rotatable bonds is 66. The molecule has 1 saturated heterocycles. The number of aliphatic hydroxyl groups is 5. The van der Waals surface area contributed by atoms with E-state index in [0.717, 1.165) is 51.4 Å². The lowest BCUT2D eigenvalue weighted by atomic mass is 9.99. The largest absolute Gasteiger partial charge is 0.394 e. The minimum absolute atomic E-state index is 0.185. The van der Waals surface area contributed by atoms with Crippen LogP contribution in [0.3, 0.4) is 0 Å². The predicted octanol–water partition coefficient (Wildman–Crippen LogP) is 20.9. The fraction of sp³-hybridized carbons (Fsp3) is 0.857. The lowest BCUT2D eigenvalue weighted by Crippen LogP contribution is -2.60. The Kier molecular flexibility index (Phi) is 62.7. The van der Waals surface area contributed by atoms with Crippen LogP contribution in [0.2, 0.25) is 0 Å². The number of allylic oxidation sites excluding steroid dienone is 9. The maximum atomic E-state index is 13.1. The zero-order valence-electron chi connectivity index (χ0n) is 56.6. The predicted molar refractivity (Wildman–Crippen MR) is 369 cm³/mol. The summed E-state index contributed by atoms with van der Waals surface area (Å²) < 4.78 is 11.3. The molecule has 7 unspecified atom stereocenters. The van der Waals surface area contributed by atoms with Crippen molar-refractivity contribution in [1.82, 2.24) is 5.32 Å². The van der Waals surface area contributed by atoms with Crippen LogP contribution in [0, 0.1) is 0 Å². The monoisotopic (exact) mass is 1210 g/mol. The molecule has 0 bridgehead atoms. The van der Waals surface area contributed by atoms with Gasteiger partial charge in [0.05, 0.1) is 25.4 Å². The molecular formula is C77H143NO8. The average Bonchev–Trinajstić information content (AvgIpc) is 2.60. The van der Waals surface area contributed by atoms with E-state index in [0.29, 0.717) is 6.42 Å². The van der Waals surface area contributed by atoms with Gasteiger partial charge in [0.15, 0.2) is 6.29 Å². The number of carbonyl (C=O) groups excluding carboxylic acids is 1. The van der Waals surface area contributed by atoms with Crippen LogP contribution in [0.1, 0.15) is 367 Å². The number of amides is 1. The van der Waals surface area contributed by atoms with E-state index < -0.39 is 49.5 Å². The number of hydrogen-bond donors (Lipinski definition) is 6. The molecule has 86 heavy (non-hydrogen) atoms. The van der Waals surface area contributed by atoms with Crippen molar-refractivity contribution in [3.63, 3.8) is 0 Å². The zero-order valence-corrected chi connectivity index (χ0v) is 56.6. The van der Waals surface area contributed by atoms with Gasteiger partial charge in [-0.2, -0.15) is 0 Å². The lowest BCUT2D eigenvalue weighted by molar-refractivity contribution is -0.302. The molecule has 0 aromatic rings. The number of unbranched alkanes of at least 4 members (excludes halogenated alkanes) is 48. The first-order chi connectivity index (χ1) is 42.3. The normalized spacial score (nSPS) is 18.3. The van der Waals surface area contributed by atoms with E-state index in [4.69, 9.17) is 9.47 Å². The van der Waals surface area contributed by atoms with Gasteiger partial charge in [-0.15, -0.1) is 0 Å². The van der Waals surface area contributed by atoms with Crippen molar-refractivity contribution in [2.24, 2.45) is 0 Å². The number of hydrogen-bond acceptors (Lipinski definition) is 8. The molecule has 1 fully saturated rings. The molecule has 6 N–H and O–H groups in total. The standard InChI is InChI=1S/C77H143NO8/c1-3-5-7-9-11-13-15-17-19-21-23-25-27-29-31-33-35-36-37-39-41-43-45-47-49-51-53-55-57-59-61-63-65-67-73(81)78-70(69-85-77-76(84)75(83)74(82)72(68-79)86-77)71(80)66-64-62-60-58-56-54-52-50-48-46-44-42-40-38-34-32-30-28-26-24-22-20-18-16-14-12-10-8-6-4-2/h15,17,21,23,48,50,56,58,64,66,70-72,74-77,79-80,82-84H,3-14,16,18-20,22,24-47,49,51-55,57,59-63,65,67-69H2,1-2H3,(H,78,81)/b17-15-,23-21-,50-48+,58-56+,66-64+. The van der Waals surface area contributed by atoms with Crippen LogP contribution in [-0.4, -0.2) is 87.5 Å². The summed E-state index contributed by atoms with van der Waals surface area (Å²) in [4.78, 5) is 13.1. The highest BCUT2D eigenvalue weighted by Gasteiger charge is 2.44. The van der Waals surface area contributed by atoms with Crippen LogP contribution in [0.5, 0.6) is 0 Å². The number of carbonyl (C=O) groups is 1. The second kappa shape index (κ2) is 65.8. The molecular weight excluding hydrogens is 1070 g/mol. The van der Waals surface area contributed by atoms with E-state index in [9.17, 15) is 30.3 Å². The second-order valence-electron chi connectivity index (χ2n) is 26.1. The molecule has 0 aromatic carbocycles. The van der Waals surface area contributed by atoms with Crippen molar-refractivity contribution < 1.29 is 39.8 Å². The van der Waals surface area contributed by atoms with Crippen LogP contribution in [0.4, 0.5) is 0 Å². The third kappa shape index (κ3) is 53.7. The molecule has 1 amide bonds. The van der Waals surface area contributed by atoms with Gasteiger partial charge in [0.1, 0.15) is 24.4 Å². The average molecular weight is 1210 g/mol. The minimum Gasteiger partial charge on any atom is -0.394 e. The highest BCUT2D eigenvalue weighted by molar-refractivity contribution is 5.76. The topological polar surface area (TPSA) is 149 Å². The van der Waals surface area contributed by atoms with Gasteiger partial charge in [-0.1, -0.05) is 344 Å². The van der Waals surface area contributed by atoms with E-state index in [1.165, 1.54) is 295 Å². The first kappa shape index (κ1) is 81.9. The van der Waals surface area contributed by atoms with Gasteiger partial charge < -0.3 is 40.3 Å². The summed E-state index contributed by atoms with van der Waals surface area (Å²) in [5.41, 5.74) is 0. The van der Waals surface area contributed by atoms with Crippen molar-refractivity contribution in [3.05, 3.63) is 60.8 Å². The minimum atomic E-state index is -1.58. The van der Waals surface area contributed by atoms with Crippen LogP contribution in [-0.2, 0) is 14.3 Å². The Labute approximate surface area is 532 Å². The van der Waals surface area contributed by atoms with E-state index >= 15 is 0 Å². The molecule has 0 radical (unpaired) electrons. The van der Waals surface area contributed by atoms with Crippen LogP contribution >= 0.6 is 0 Å². The summed E-state index contributed by atoms with van der Waals surface area (Å²) in [6.45, 7) is 3.80. The number of nitrogens with one attached hydrogen (secondary N) is 1. The summed E-state index contributed by atoms with van der Waals surface area (Å²) in [6.07, 6.45) is 85.0. The smallest absolute Gasteiger partial charge is 0.220 e. The van der Waals surface area contributed by atoms with Gasteiger partial charge in [-0.25, -0.2) is 0 Å². The van der Waals surface area contributed by atoms with E-state index in [-0.39, 0.29) is 12.5 Å². The van der Waals surface area contributed by atoms with Gasteiger partial charge in [0.2, 0.25) is 5.91 Å². The summed E-state index contributed by atoms with van der Waals surface area (Å²) >= 11 is 0. The fourth-order valence-electron chi connectivity index (χ4n) is 11.9. The van der Waals surface area contributed by atoms with Crippen molar-refractivity contribution in [2.75, 3.05) is 13.2 Å². The Morgan fingerprint density at radius 1 is 0.395 bits per heavy atom. The van der Waals surface area contributed by atoms with Crippen molar-refractivity contribution in [1.29, 1.82) is 0 Å². The first-order valence-corrected chi connectivity index (χ1v) is 37.5. The Morgan fingerprint density at radius 2 is 0.698 bits per heavy atom. The Bertz CT molecular complexity index is 1540. The maximum Gasteiger partial charge on any atom is 0.220 e. The van der Waals surface area contributed by atoms with Crippen LogP contribution in [0.25, 0.3) is 0 Å². The molecule has 0 saturated carbocycles. The number of ether oxygens (including phenoxy) is 2. The molecule has 9 heteroatoms. The second-order valence-corrected chi connectivity index (χ2v) is 26.1. The zero-order chi connectivity index (χ0) is 62.1. The van der Waals surface area contributed by atoms with Crippen molar-refractivity contribution in [2.45, 2.75) is 410 Å². The van der Waals surface area contributed by atoms with Crippen molar-refractivity contribution in [3.8, 4) is 0 Å². The molecule has 1 aliphatic heterocycles. The third-order valence-electron chi connectivity index (χ3n) is 17.8. The number of aliphatic hydroxyl groups excluding tert-OH is 5. The summed E-state index contributed by atoms with van der Waals surface area (Å²) in [7, 11) is 0. The first-order valence-electron chi connectivity index (χ1n) is 37.5. The van der Waals surface area contributed by atoms with E-state index in [2.05, 4.69) is 67.8 Å². The maximum absolute atomic E-state index is 13.1. The SMILES string of the molecule is CCCCCCC/C=C\C/C=C\CCCCCCCCCCCCCCCCCCCCCCCC(=O)NC(COC1OC(CO)C(O)C(O)C1O)C(O)/C=C/CC/C=C/CC/C=C/CCCCCCCCCCCCCCCCCCCCCC. The van der Waals surface area contributed by atoms with E-state index in [1.54, 1.807) is 6.08 Å². The fourth-order valence-corrected chi connectivity index (χ4v) is 11.9. The molecule has 1 rings (SSSR count). The Morgan fingerprint density at radius 3 is 1.05 bits per heavy atom. The van der Waals surface area contributed by atoms with Gasteiger partial charge in [-0.3, -0.25) is 4.79 Å². The summed E-state index contributed by atoms with van der Waals surface area (Å²) in [5.74, 6) is -0.185.